The molecule has 2 aromatic rings. The van der Waals surface area contributed by atoms with Crippen molar-refractivity contribution in [3.05, 3.63) is 41.5 Å². The number of nitrogens with zero attached hydrogens (tertiary/aromatic N) is 2. The fraction of sp³-hybridized carbons (Fsp3) is 0.231. The average molecular weight is 290 g/mol. The highest BCUT2D eigenvalue weighted by Gasteiger charge is 2.18. The van der Waals surface area contributed by atoms with Gasteiger partial charge >= 0.3 is 12.0 Å². The van der Waals surface area contributed by atoms with Crippen LogP contribution in [0.3, 0.4) is 0 Å². The third-order valence-electron chi connectivity index (χ3n) is 2.56. The maximum Gasteiger partial charge on any atom is 0.338 e. The van der Waals surface area contributed by atoms with Gasteiger partial charge in [-0.05, 0) is 38.1 Å². The second kappa shape index (κ2) is 6.04. The quantitative estimate of drug-likeness (QED) is 0.828. The molecule has 8 nitrogen and oxygen atoms in total. The van der Waals surface area contributed by atoms with E-state index in [1.54, 1.807) is 26.0 Å². The normalized spacial score (nSPS) is 11.7. The van der Waals surface area contributed by atoms with Gasteiger partial charge in [0.05, 0.1) is 5.56 Å². The minimum absolute atomic E-state index is 0.230. The second-order valence-corrected chi connectivity index (χ2v) is 4.29. The molecule has 1 atom stereocenters. The van der Waals surface area contributed by atoms with Gasteiger partial charge in [0.25, 0.3) is 5.89 Å². The standard InChI is InChI=1S/C13H14N4O4/c1-7(11-15-8(2)17-21-11)20-12(18)9-3-5-10(6-4-9)16-13(14)19/h3-7H,1-2H3,(H3,14,16,19). The summed E-state index contributed by atoms with van der Waals surface area (Å²) in [5.41, 5.74) is 5.80. The van der Waals surface area contributed by atoms with Crippen LogP contribution in [0.5, 0.6) is 0 Å². The van der Waals surface area contributed by atoms with Gasteiger partial charge in [-0.25, -0.2) is 9.59 Å². The number of rotatable bonds is 4. The monoisotopic (exact) mass is 290 g/mol. The highest BCUT2D eigenvalue weighted by atomic mass is 16.6. The Morgan fingerprint density at radius 1 is 1.33 bits per heavy atom. The molecule has 8 heteroatoms. The van der Waals surface area contributed by atoms with Crippen molar-refractivity contribution < 1.29 is 18.8 Å². The zero-order valence-corrected chi connectivity index (χ0v) is 11.5. The number of urea groups is 1. The van der Waals surface area contributed by atoms with Crippen molar-refractivity contribution in [2.45, 2.75) is 20.0 Å². The SMILES string of the molecule is Cc1noc(C(C)OC(=O)c2ccc(NC(N)=O)cc2)n1. The number of benzene rings is 1. The molecule has 0 fully saturated rings. The maximum atomic E-state index is 11.9. The van der Waals surface area contributed by atoms with Gasteiger partial charge in [-0.3, -0.25) is 0 Å². The van der Waals surface area contributed by atoms with Gasteiger partial charge < -0.3 is 20.3 Å². The summed E-state index contributed by atoms with van der Waals surface area (Å²) >= 11 is 0. The van der Waals surface area contributed by atoms with Crippen LogP contribution in [0.25, 0.3) is 0 Å². The van der Waals surface area contributed by atoms with Crippen molar-refractivity contribution in [3.63, 3.8) is 0 Å². The van der Waals surface area contributed by atoms with Crippen LogP contribution in [0.4, 0.5) is 10.5 Å². The minimum atomic E-state index is -0.675. The lowest BCUT2D eigenvalue weighted by Crippen LogP contribution is -2.19. The average Bonchev–Trinajstić information content (AvgIpc) is 2.85. The Morgan fingerprint density at radius 3 is 2.52 bits per heavy atom. The largest absolute Gasteiger partial charge is 0.449 e. The second-order valence-electron chi connectivity index (χ2n) is 4.29. The summed E-state index contributed by atoms with van der Waals surface area (Å²) in [5, 5.41) is 6.02. The van der Waals surface area contributed by atoms with E-state index in [0.717, 1.165) is 0 Å². The van der Waals surface area contributed by atoms with Gasteiger partial charge in [0.15, 0.2) is 11.9 Å². The summed E-state index contributed by atoms with van der Waals surface area (Å²) in [7, 11) is 0. The molecule has 0 spiro atoms. The van der Waals surface area contributed by atoms with Gasteiger partial charge in [0.1, 0.15) is 0 Å². The van der Waals surface area contributed by atoms with Crippen LogP contribution >= 0.6 is 0 Å². The van der Waals surface area contributed by atoms with Crippen LogP contribution < -0.4 is 11.1 Å². The van der Waals surface area contributed by atoms with Gasteiger partial charge in [0, 0.05) is 5.69 Å². The van der Waals surface area contributed by atoms with E-state index in [-0.39, 0.29) is 5.89 Å². The van der Waals surface area contributed by atoms with E-state index in [1.165, 1.54) is 12.1 Å². The fourth-order valence-corrected chi connectivity index (χ4v) is 1.59. The number of carbonyl (C=O) groups is 2. The molecule has 0 aliphatic heterocycles. The van der Waals surface area contributed by atoms with Crippen LogP contribution in [0.15, 0.2) is 28.8 Å². The number of nitrogens with one attached hydrogen (secondary N) is 1. The molecule has 21 heavy (non-hydrogen) atoms. The molecule has 0 aliphatic carbocycles. The van der Waals surface area contributed by atoms with E-state index in [0.29, 0.717) is 17.1 Å². The number of anilines is 1. The number of hydrogen-bond donors (Lipinski definition) is 2. The first kappa shape index (κ1) is 14.5. The molecule has 3 N–H and O–H groups in total. The molecule has 110 valence electrons. The summed E-state index contributed by atoms with van der Waals surface area (Å²) < 4.78 is 10.1. The lowest BCUT2D eigenvalue weighted by molar-refractivity contribution is 0.0265. The van der Waals surface area contributed by atoms with Crippen molar-refractivity contribution in [1.29, 1.82) is 0 Å². The van der Waals surface area contributed by atoms with Gasteiger partial charge in [-0.2, -0.15) is 4.98 Å². The Hall–Kier alpha value is -2.90. The van der Waals surface area contributed by atoms with Crippen molar-refractivity contribution in [2.24, 2.45) is 5.73 Å². The van der Waals surface area contributed by atoms with Crippen molar-refractivity contribution in [3.8, 4) is 0 Å². The third-order valence-corrected chi connectivity index (χ3v) is 2.56. The zero-order chi connectivity index (χ0) is 15.4. The van der Waals surface area contributed by atoms with E-state index in [9.17, 15) is 9.59 Å². The van der Waals surface area contributed by atoms with Gasteiger partial charge in [0.2, 0.25) is 0 Å². The predicted octanol–water partition coefficient (Wildman–Crippen LogP) is 1.79. The smallest absolute Gasteiger partial charge is 0.338 e. The van der Waals surface area contributed by atoms with Crippen LogP contribution in [0.1, 0.15) is 35.1 Å². The summed E-state index contributed by atoms with van der Waals surface area (Å²) in [6, 6.07) is 5.44. The molecular weight excluding hydrogens is 276 g/mol. The summed E-state index contributed by atoms with van der Waals surface area (Å²) in [6.07, 6.45) is -0.651. The molecule has 0 saturated heterocycles. The zero-order valence-electron chi connectivity index (χ0n) is 11.5. The highest BCUT2D eigenvalue weighted by molar-refractivity contribution is 5.91. The number of amides is 2. The van der Waals surface area contributed by atoms with Crippen molar-refractivity contribution in [2.75, 3.05) is 5.32 Å². The molecule has 1 aromatic carbocycles. The van der Waals surface area contributed by atoms with Crippen LogP contribution in [0, 0.1) is 6.92 Å². The maximum absolute atomic E-state index is 11.9. The molecule has 1 unspecified atom stereocenters. The predicted molar refractivity (Wildman–Crippen MR) is 72.5 cm³/mol. The first-order chi connectivity index (χ1) is 9.95. The molecule has 0 saturated carbocycles. The number of aromatic nitrogens is 2. The van der Waals surface area contributed by atoms with Crippen LogP contribution in [-0.4, -0.2) is 22.1 Å². The molecular formula is C13H14N4O4. The Balaban J connectivity index is 2.01. The first-order valence-corrected chi connectivity index (χ1v) is 6.13. The van der Waals surface area contributed by atoms with Gasteiger partial charge in [-0.1, -0.05) is 5.16 Å². The lowest BCUT2D eigenvalue weighted by Gasteiger charge is -2.09. The summed E-state index contributed by atoms with van der Waals surface area (Å²) in [5.74, 6) is 0.159. The van der Waals surface area contributed by atoms with Crippen molar-refractivity contribution >= 4 is 17.7 Å². The number of carbonyl (C=O) groups excluding carboxylic acids is 2. The molecule has 0 bridgehead atoms. The van der Waals surface area contributed by atoms with E-state index in [2.05, 4.69) is 15.5 Å². The number of hydrogen-bond acceptors (Lipinski definition) is 6. The van der Waals surface area contributed by atoms with E-state index in [4.69, 9.17) is 15.0 Å². The molecule has 0 aliphatic rings. The molecule has 2 amide bonds. The van der Waals surface area contributed by atoms with Crippen molar-refractivity contribution in [1.82, 2.24) is 10.1 Å². The fourth-order valence-electron chi connectivity index (χ4n) is 1.59. The number of nitrogens with two attached hydrogens (primary N) is 1. The lowest BCUT2D eigenvalue weighted by atomic mass is 10.2. The molecule has 1 heterocycles. The Kier molecular flexibility index (Phi) is 4.17. The molecule has 0 radical (unpaired) electrons. The third kappa shape index (κ3) is 3.78. The summed E-state index contributed by atoms with van der Waals surface area (Å²) in [6.45, 7) is 3.31. The van der Waals surface area contributed by atoms with E-state index < -0.39 is 18.1 Å². The molecule has 1 aromatic heterocycles. The number of aryl methyl sites for hydroxylation is 1. The number of ether oxygens (including phenoxy) is 1. The minimum Gasteiger partial charge on any atom is -0.449 e. The van der Waals surface area contributed by atoms with Gasteiger partial charge in [-0.15, -0.1) is 0 Å². The number of esters is 1. The Labute approximate surface area is 120 Å². The van der Waals surface area contributed by atoms with Crippen LogP contribution in [0.2, 0.25) is 0 Å². The Bertz CT molecular complexity index is 650. The van der Waals surface area contributed by atoms with Crippen LogP contribution in [-0.2, 0) is 4.74 Å². The highest BCUT2D eigenvalue weighted by Crippen LogP contribution is 2.17. The first-order valence-electron chi connectivity index (χ1n) is 6.13. The topological polar surface area (TPSA) is 120 Å². The number of primary amides is 1. The molecule has 2 rings (SSSR count). The van der Waals surface area contributed by atoms with E-state index in [1.807, 2.05) is 0 Å². The Morgan fingerprint density at radius 2 is 2.00 bits per heavy atom. The summed E-state index contributed by atoms with van der Waals surface area (Å²) in [4.78, 5) is 26.6. The van der Waals surface area contributed by atoms with E-state index >= 15 is 0 Å².